The average molecular weight is 379 g/mol. The quantitative estimate of drug-likeness (QED) is 0.805. The van der Waals surface area contributed by atoms with E-state index in [2.05, 4.69) is 29.3 Å². The van der Waals surface area contributed by atoms with Crippen molar-refractivity contribution >= 4 is 33.0 Å². The Balaban J connectivity index is 1.62. The van der Waals surface area contributed by atoms with E-state index in [9.17, 15) is 9.59 Å². The summed E-state index contributed by atoms with van der Waals surface area (Å²) >= 11 is 1.62. The second-order valence-corrected chi connectivity index (χ2v) is 8.41. The Kier molecular flexibility index (Phi) is 4.08. The van der Waals surface area contributed by atoms with Gasteiger partial charge in [-0.1, -0.05) is 24.3 Å². The molecule has 3 aliphatic rings. The molecular weight excluding hydrogens is 358 g/mol. The van der Waals surface area contributed by atoms with E-state index in [1.54, 1.807) is 17.7 Å². The summed E-state index contributed by atoms with van der Waals surface area (Å²) in [5, 5.41) is 0.680. The predicted octanol–water partition coefficient (Wildman–Crippen LogP) is 3.30. The van der Waals surface area contributed by atoms with Crippen LogP contribution in [-0.4, -0.2) is 33.4 Å². The number of allylic oxidation sites excluding steroid dienone is 6. The van der Waals surface area contributed by atoms with Crippen molar-refractivity contribution in [1.82, 2.24) is 14.5 Å². The van der Waals surface area contributed by atoms with E-state index in [0.717, 1.165) is 61.2 Å². The molecule has 0 atom stereocenters. The first-order chi connectivity index (χ1) is 13.2. The van der Waals surface area contributed by atoms with E-state index in [0.29, 0.717) is 5.39 Å². The van der Waals surface area contributed by atoms with Crippen LogP contribution in [0.15, 0.2) is 41.0 Å². The summed E-state index contributed by atoms with van der Waals surface area (Å²) in [6.07, 6.45) is 15.1. The topological polar surface area (TPSA) is 55.2 Å². The lowest BCUT2D eigenvalue weighted by atomic mass is 9.89. The highest BCUT2D eigenvalue weighted by Gasteiger charge is 2.26. The molecule has 0 N–H and O–H groups in total. The fourth-order valence-electron chi connectivity index (χ4n) is 4.24. The Labute approximate surface area is 161 Å². The number of fused-ring (bicyclic) bond motifs is 4. The van der Waals surface area contributed by atoms with Crippen LogP contribution in [-0.2, 0) is 17.8 Å². The van der Waals surface area contributed by atoms with Crippen molar-refractivity contribution in [2.45, 2.75) is 38.6 Å². The lowest BCUT2D eigenvalue weighted by Gasteiger charge is -2.17. The molecule has 1 fully saturated rings. The average Bonchev–Trinajstić information content (AvgIpc) is 3.27. The molecule has 6 heteroatoms. The summed E-state index contributed by atoms with van der Waals surface area (Å²) in [5.41, 5.74) is 3.39. The molecule has 0 radical (unpaired) electrons. The van der Waals surface area contributed by atoms with Crippen molar-refractivity contribution in [3.63, 3.8) is 0 Å². The van der Waals surface area contributed by atoms with E-state index in [4.69, 9.17) is 0 Å². The molecule has 1 amide bonds. The zero-order valence-electron chi connectivity index (χ0n) is 15.1. The van der Waals surface area contributed by atoms with E-state index in [-0.39, 0.29) is 18.0 Å². The molecule has 0 bridgehead atoms. The lowest BCUT2D eigenvalue weighted by Crippen LogP contribution is -2.34. The van der Waals surface area contributed by atoms with Crippen LogP contribution >= 0.6 is 11.3 Å². The molecular formula is C21H21N3O2S. The van der Waals surface area contributed by atoms with Crippen molar-refractivity contribution < 1.29 is 4.79 Å². The Bertz CT molecular complexity index is 1080. The van der Waals surface area contributed by atoms with Crippen LogP contribution in [0.2, 0.25) is 0 Å². The third-order valence-corrected chi connectivity index (χ3v) is 6.79. The monoisotopic (exact) mass is 379 g/mol. The molecule has 0 aromatic carbocycles. The fraction of sp³-hybridized carbons (Fsp3) is 0.381. The number of aromatic nitrogens is 2. The van der Waals surface area contributed by atoms with Crippen LogP contribution in [0.1, 0.15) is 36.1 Å². The van der Waals surface area contributed by atoms with Crippen molar-refractivity contribution in [1.29, 1.82) is 0 Å². The number of carbonyl (C=O) groups is 1. The minimum absolute atomic E-state index is 0.0112. The molecule has 5 nitrogen and oxygen atoms in total. The Morgan fingerprint density at radius 2 is 1.96 bits per heavy atom. The van der Waals surface area contributed by atoms with Gasteiger partial charge in [0.2, 0.25) is 5.91 Å². The molecule has 5 rings (SSSR count). The molecule has 0 unspecified atom stereocenters. The molecule has 3 heterocycles. The summed E-state index contributed by atoms with van der Waals surface area (Å²) in [6.45, 7) is 1.67. The standard InChI is InChI=1S/C21H21N3O2S/c25-17(23-10-4-5-11-23)12-24-13-22-20-19(21(24)26)18-15-7-3-1-2-6-14(15)8-9-16(18)27-20/h2-3,6-7,13H,1,4-5,8-12H2. The summed E-state index contributed by atoms with van der Waals surface area (Å²) in [6, 6.07) is 0. The number of hydrogen-bond donors (Lipinski definition) is 0. The number of likely N-dealkylation sites (tertiary alicyclic amines) is 1. The number of carbonyl (C=O) groups excluding carboxylic acids is 1. The van der Waals surface area contributed by atoms with Crippen molar-refractivity contribution in [2.24, 2.45) is 0 Å². The van der Waals surface area contributed by atoms with Crippen LogP contribution in [0.3, 0.4) is 0 Å². The van der Waals surface area contributed by atoms with E-state index in [1.807, 2.05) is 4.90 Å². The maximum absolute atomic E-state index is 13.3. The molecule has 2 aromatic heterocycles. The second kappa shape index (κ2) is 6.60. The maximum atomic E-state index is 13.3. The first kappa shape index (κ1) is 16.7. The number of amides is 1. The third kappa shape index (κ3) is 2.79. The minimum atomic E-state index is -0.0968. The number of hydrogen-bond acceptors (Lipinski definition) is 4. The summed E-state index contributed by atoms with van der Waals surface area (Å²) in [7, 11) is 0. The highest BCUT2D eigenvalue weighted by atomic mass is 32.1. The third-order valence-electron chi connectivity index (χ3n) is 5.63. The Morgan fingerprint density at radius 1 is 1.15 bits per heavy atom. The van der Waals surface area contributed by atoms with Crippen LogP contribution < -0.4 is 5.56 Å². The van der Waals surface area contributed by atoms with Crippen molar-refractivity contribution in [3.8, 4) is 0 Å². The smallest absolute Gasteiger partial charge is 0.263 e. The first-order valence-corrected chi connectivity index (χ1v) is 10.4. The Hall–Kier alpha value is -2.47. The molecule has 1 saturated heterocycles. The number of thiophene rings is 1. The van der Waals surface area contributed by atoms with Crippen LogP contribution in [0.25, 0.3) is 15.8 Å². The molecule has 0 spiro atoms. The van der Waals surface area contributed by atoms with E-state index < -0.39 is 0 Å². The minimum Gasteiger partial charge on any atom is -0.341 e. The number of nitrogens with zero attached hydrogens (tertiary/aromatic N) is 3. The SMILES string of the molecule is O=C(Cn1cnc2sc3c(c2c1=O)C1=C(C=CCC=C1)CC3)N1CCCC1. The first-order valence-electron chi connectivity index (χ1n) is 9.57. The van der Waals surface area contributed by atoms with Gasteiger partial charge >= 0.3 is 0 Å². The summed E-state index contributed by atoms with van der Waals surface area (Å²) < 4.78 is 1.49. The molecule has 0 saturated carbocycles. The molecule has 27 heavy (non-hydrogen) atoms. The highest BCUT2D eigenvalue weighted by Crippen LogP contribution is 2.41. The van der Waals surface area contributed by atoms with Gasteiger partial charge < -0.3 is 4.90 Å². The van der Waals surface area contributed by atoms with Crippen LogP contribution in [0.4, 0.5) is 0 Å². The van der Waals surface area contributed by atoms with Gasteiger partial charge in [-0.25, -0.2) is 4.98 Å². The summed E-state index contributed by atoms with van der Waals surface area (Å²) in [5.74, 6) is 0.0112. The van der Waals surface area contributed by atoms with Gasteiger partial charge in [0.1, 0.15) is 11.4 Å². The number of rotatable bonds is 2. The lowest BCUT2D eigenvalue weighted by molar-refractivity contribution is -0.130. The zero-order chi connectivity index (χ0) is 18.4. The van der Waals surface area contributed by atoms with Gasteiger partial charge in [0.15, 0.2) is 0 Å². The fourth-order valence-corrected chi connectivity index (χ4v) is 5.38. The van der Waals surface area contributed by atoms with Gasteiger partial charge in [-0.15, -0.1) is 11.3 Å². The maximum Gasteiger partial charge on any atom is 0.263 e. The summed E-state index contributed by atoms with van der Waals surface area (Å²) in [4.78, 5) is 34.2. The van der Waals surface area contributed by atoms with E-state index >= 15 is 0 Å². The molecule has 2 aromatic rings. The largest absolute Gasteiger partial charge is 0.341 e. The predicted molar refractivity (Wildman–Crippen MR) is 108 cm³/mol. The van der Waals surface area contributed by atoms with Gasteiger partial charge in [-0.3, -0.25) is 14.2 Å². The van der Waals surface area contributed by atoms with Gasteiger partial charge in [0.25, 0.3) is 5.56 Å². The Morgan fingerprint density at radius 3 is 2.81 bits per heavy atom. The van der Waals surface area contributed by atoms with Gasteiger partial charge in [-0.05, 0) is 43.3 Å². The van der Waals surface area contributed by atoms with Gasteiger partial charge in [0, 0.05) is 23.5 Å². The molecule has 1 aliphatic heterocycles. The second-order valence-electron chi connectivity index (χ2n) is 7.33. The van der Waals surface area contributed by atoms with E-state index in [1.165, 1.54) is 15.0 Å². The van der Waals surface area contributed by atoms with Gasteiger partial charge in [0.05, 0.1) is 11.7 Å². The van der Waals surface area contributed by atoms with Gasteiger partial charge in [-0.2, -0.15) is 0 Å². The van der Waals surface area contributed by atoms with Crippen molar-refractivity contribution in [2.75, 3.05) is 13.1 Å². The zero-order valence-corrected chi connectivity index (χ0v) is 15.9. The van der Waals surface area contributed by atoms with Crippen molar-refractivity contribution in [3.05, 3.63) is 57.0 Å². The highest BCUT2D eigenvalue weighted by molar-refractivity contribution is 7.19. The van der Waals surface area contributed by atoms with Crippen LogP contribution in [0, 0.1) is 0 Å². The van der Waals surface area contributed by atoms with Crippen LogP contribution in [0.5, 0.6) is 0 Å². The number of aryl methyl sites for hydroxylation is 1. The molecule has 2 aliphatic carbocycles. The normalized spacial score (nSPS) is 18.7. The molecule has 138 valence electrons.